The van der Waals surface area contributed by atoms with Gasteiger partial charge < -0.3 is 0 Å². The maximum absolute atomic E-state index is 12.3. The van der Waals surface area contributed by atoms with Crippen LogP contribution in [0.2, 0.25) is 0 Å². The number of Topliss-reactive ketones (excluding diaryl/α,β-unsaturated/α-hetero) is 1. The van der Waals surface area contributed by atoms with Crippen LogP contribution in [0.4, 0.5) is 10.5 Å². The molecule has 1 saturated heterocycles. The number of non-ortho nitro benzene ring substituents is 1. The van der Waals surface area contributed by atoms with Gasteiger partial charge in [-0.3, -0.25) is 29.4 Å². The maximum atomic E-state index is 12.3. The zero-order valence-corrected chi connectivity index (χ0v) is 14.2. The van der Waals surface area contributed by atoms with Gasteiger partial charge in [0.1, 0.15) is 0 Å². The molecule has 25 heavy (non-hydrogen) atoms. The summed E-state index contributed by atoms with van der Waals surface area (Å²) in [7, 11) is 0. The molecule has 0 aliphatic carbocycles. The first-order valence-corrected chi connectivity index (χ1v) is 8.72. The number of imide groups is 1. The molecule has 9 heteroatoms. The van der Waals surface area contributed by atoms with Gasteiger partial charge in [-0.25, -0.2) is 0 Å². The molecule has 0 N–H and O–H groups in total. The number of benzene rings is 1. The lowest BCUT2D eigenvalue weighted by Gasteiger charge is -2.11. The first kappa shape index (κ1) is 17.1. The van der Waals surface area contributed by atoms with Crippen molar-refractivity contribution in [3.05, 3.63) is 67.2 Å². The van der Waals surface area contributed by atoms with E-state index in [2.05, 4.69) is 0 Å². The van der Waals surface area contributed by atoms with E-state index >= 15 is 0 Å². The summed E-state index contributed by atoms with van der Waals surface area (Å²) in [4.78, 5) is 48.7. The van der Waals surface area contributed by atoms with Crippen LogP contribution in [0.5, 0.6) is 0 Å². The Bertz CT molecular complexity index is 888. The second-order valence-corrected chi connectivity index (χ2v) is 6.98. The van der Waals surface area contributed by atoms with Crippen LogP contribution in [-0.2, 0) is 4.79 Å². The molecule has 126 valence electrons. The number of ketones is 1. The van der Waals surface area contributed by atoms with Crippen LogP contribution in [0.3, 0.4) is 0 Å². The predicted octanol–water partition coefficient (Wildman–Crippen LogP) is 3.58. The van der Waals surface area contributed by atoms with E-state index in [1.54, 1.807) is 6.08 Å². The first-order chi connectivity index (χ1) is 12.0. The largest absolute Gasteiger partial charge is 0.293 e. The van der Waals surface area contributed by atoms with E-state index in [1.807, 2.05) is 17.5 Å². The summed E-state index contributed by atoms with van der Waals surface area (Å²) >= 11 is 2.22. The summed E-state index contributed by atoms with van der Waals surface area (Å²) in [5.74, 6) is -0.978. The third-order valence-corrected chi connectivity index (χ3v) is 5.12. The predicted molar refractivity (Wildman–Crippen MR) is 94.4 cm³/mol. The summed E-state index contributed by atoms with van der Waals surface area (Å²) in [5.41, 5.74) is 0.0634. The van der Waals surface area contributed by atoms with Gasteiger partial charge in [0.15, 0.2) is 5.78 Å². The SMILES string of the molecule is O=C(CN1C(=O)S/C(=C/c2cccs2)C1=O)c1ccc([N+](=O)[O-])cc1. The van der Waals surface area contributed by atoms with E-state index in [0.29, 0.717) is 0 Å². The third-order valence-electron chi connectivity index (χ3n) is 3.39. The van der Waals surface area contributed by atoms with E-state index in [0.717, 1.165) is 21.5 Å². The van der Waals surface area contributed by atoms with Gasteiger partial charge in [-0.1, -0.05) is 6.07 Å². The molecule has 1 aliphatic heterocycles. The van der Waals surface area contributed by atoms with Crippen LogP contribution in [-0.4, -0.2) is 33.3 Å². The molecule has 3 rings (SSSR count). The minimum atomic E-state index is -0.569. The number of carbonyl (C=O) groups is 3. The Morgan fingerprint density at radius 1 is 1.20 bits per heavy atom. The average Bonchev–Trinajstić information content (AvgIpc) is 3.19. The Balaban J connectivity index is 1.73. The Labute approximate surface area is 150 Å². The van der Waals surface area contributed by atoms with Gasteiger partial charge in [-0.15, -0.1) is 11.3 Å². The molecule has 1 aromatic heterocycles. The number of nitro groups is 1. The van der Waals surface area contributed by atoms with Crippen molar-refractivity contribution in [1.29, 1.82) is 0 Å². The molecule has 1 fully saturated rings. The lowest BCUT2D eigenvalue weighted by Crippen LogP contribution is -2.33. The monoisotopic (exact) mass is 374 g/mol. The van der Waals surface area contributed by atoms with E-state index in [1.165, 1.54) is 35.6 Å². The van der Waals surface area contributed by atoms with Crippen molar-refractivity contribution in [1.82, 2.24) is 4.90 Å². The molecular formula is C16H10N2O5S2. The Hall–Kier alpha value is -2.78. The average molecular weight is 374 g/mol. The maximum Gasteiger partial charge on any atom is 0.293 e. The van der Waals surface area contributed by atoms with Gasteiger partial charge in [0.05, 0.1) is 16.4 Å². The number of rotatable bonds is 5. The molecule has 0 radical (unpaired) electrons. The molecule has 0 unspecified atom stereocenters. The zero-order chi connectivity index (χ0) is 18.0. The normalized spacial score (nSPS) is 15.8. The summed E-state index contributed by atoms with van der Waals surface area (Å²) in [6, 6.07) is 8.68. The number of thiophene rings is 1. The lowest BCUT2D eigenvalue weighted by atomic mass is 10.1. The molecule has 2 amide bonds. The quantitative estimate of drug-likeness (QED) is 0.343. The third kappa shape index (κ3) is 3.67. The standard InChI is InChI=1S/C16H10N2O5S2/c19-13(10-3-5-11(6-4-10)18(22)23)9-17-15(20)14(25-16(17)21)8-12-2-1-7-24-12/h1-8H,9H2/b14-8+. The second kappa shape index (κ2) is 6.99. The van der Waals surface area contributed by atoms with Gasteiger partial charge in [-0.05, 0) is 41.4 Å². The van der Waals surface area contributed by atoms with Crippen molar-refractivity contribution in [2.45, 2.75) is 0 Å². The smallest absolute Gasteiger partial charge is 0.292 e. The highest BCUT2D eigenvalue weighted by molar-refractivity contribution is 8.18. The fourth-order valence-corrected chi connectivity index (χ4v) is 3.70. The van der Waals surface area contributed by atoms with E-state index in [4.69, 9.17) is 0 Å². The van der Waals surface area contributed by atoms with Crippen molar-refractivity contribution in [3.63, 3.8) is 0 Å². The Morgan fingerprint density at radius 3 is 2.52 bits per heavy atom. The van der Waals surface area contributed by atoms with Gasteiger partial charge in [0, 0.05) is 22.6 Å². The van der Waals surface area contributed by atoms with E-state index in [9.17, 15) is 24.5 Å². The van der Waals surface area contributed by atoms with Crippen molar-refractivity contribution in [2.75, 3.05) is 6.54 Å². The molecule has 0 bridgehead atoms. The zero-order valence-electron chi connectivity index (χ0n) is 12.6. The van der Waals surface area contributed by atoms with Gasteiger partial charge >= 0.3 is 0 Å². The van der Waals surface area contributed by atoms with Crippen LogP contribution in [0, 0.1) is 10.1 Å². The van der Waals surface area contributed by atoms with Crippen LogP contribution < -0.4 is 0 Å². The molecule has 0 saturated carbocycles. The van der Waals surface area contributed by atoms with Crippen molar-refractivity contribution in [3.8, 4) is 0 Å². The molecule has 0 spiro atoms. The minimum Gasteiger partial charge on any atom is -0.292 e. The molecule has 7 nitrogen and oxygen atoms in total. The highest BCUT2D eigenvalue weighted by Crippen LogP contribution is 2.33. The van der Waals surface area contributed by atoms with E-state index < -0.39 is 28.4 Å². The van der Waals surface area contributed by atoms with Gasteiger partial charge in [-0.2, -0.15) is 0 Å². The van der Waals surface area contributed by atoms with Crippen LogP contribution in [0.1, 0.15) is 15.2 Å². The summed E-state index contributed by atoms with van der Waals surface area (Å²) in [6.45, 7) is -0.399. The fraction of sp³-hybridized carbons (Fsp3) is 0.0625. The van der Waals surface area contributed by atoms with Crippen molar-refractivity contribution >= 4 is 51.8 Å². The van der Waals surface area contributed by atoms with Crippen LogP contribution >= 0.6 is 23.1 Å². The summed E-state index contributed by atoms with van der Waals surface area (Å²) in [6.07, 6.45) is 1.62. The van der Waals surface area contributed by atoms with Crippen molar-refractivity contribution < 1.29 is 19.3 Å². The fourth-order valence-electron chi connectivity index (χ4n) is 2.14. The Kier molecular flexibility index (Phi) is 4.77. The van der Waals surface area contributed by atoms with Crippen molar-refractivity contribution in [2.24, 2.45) is 0 Å². The number of carbonyl (C=O) groups excluding carboxylic acids is 3. The summed E-state index contributed by atoms with van der Waals surface area (Å²) < 4.78 is 0. The number of hydrogen-bond acceptors (Lipinski definition) is 7. The molecule has 2 aromatic rings. The number of amides is 2. The number of nitrogens with zero attached hydrogens (tertiary/aromatic N) is 2. The molecule has 0 atom stereocenters. The second-order valence-electron chi connectivity index (χ2n) is 5.01. The van der Waals surface area contributed by atoms with Crippen LogP contribution in [0.15, 0.2) is 46.7 Å². The highest BCUT2D eigenvalue weighted by atomic mass is 32.2. The highest BCUT2D eigenvalue weighted by Gasteiger charge is 2.36. The van der Waals surface area contributed by atoms with Gasteiger partial charge in [0.2, 0.25) is 0 Å². The Morgan fingerprint density at radius 2 is 1.92 bits per heavy atom. The lowest BCUT2D eigenvalue weighted by molar-refractivity contribution is -0.384. The molecular weight excluding hydrogens is 364 g/mol. The molecule has 1 aliphatic rings. The first-order valence-electron chi connectivity index (χ1n) is 7.02. The minimum absolute atomic E-state index is 0.137. The van der Waals surface area contributed by atoms with E-state index in [-0.39, 0.29) is 16.2 Å². The summed E-state index contributed by atoms with van der Waals surface area (Å²) in [5, 5.41) is 12.0. The van der Waals surface area contributed by atoms with Crippen LogP contribution in [0.25, 0.3) is 6.08 Å². The molecule has 2 heterocycles. The number of thioether (sulfide) groups is 1. The number of nitro benzene ring substituents is 1. The molecule has 1 aromatic carbocycles. The van der Waals surface area contributed by atoms with Gasteiger partial charge in [0.25, 0.3) is 16.8 Å². The number of hydrogen-bond donors (Lipinski definition) is 0. The topological polar surface area (TPSA) is 97.6 Å².